The molecule has 0 saturated carbocycles. The number of pyridine rings is 2. The molecule has 7 heteroatoms. The fourth-order valence-corrected chi connectivity index (χ4v) is 3.52. The Kier molecular flexibility index (Phi) is 5.26. The van der Waals surface area contributed by atoms with Crippen LogP contribution in [0.3, 0.4) is 0 Å². The van der Waals surface area contributed by atoms with E-state index < -0.39 is 17.7 Å². The van der Waals surface area contributed by atoms with Crippen LogP contribution in [0.25, 0.3) is 5.76 Å². The van der Waals surface area contributed by atoms with Gasteiger partial charge in [-0.1, -0.05) is 0 Å². The van der Waals surface area contributed by atoms with Gasteiger partial charge in [0.05, 0.1) is 18.7 Å². The molecule has 1 aliphatic rings. The maximum Gasteiger partial charge on any atom is 0.295 e. The average molecular weight is 401 g/mol. The van der Waals surface area contributed by atoms with Crippen LogP contribution in [0.2, 0.25) is 0 Å². The molecule has 1 saturated heterocycles. The van der Waals surface area contributed by atoms with Gasteiger partial charge in [-0.3, -0.25) is 19.6 Å². The zero-order chi connectivity index (χ0) is 21.1. The van der Waals surface area contributed by atoms with E-state index in [1.807, 2.05) is 0 Å². The predicted molar refractivity (Wildman–Crippen MR) is 109 cm³/mol. The summed E-state index contributed by atoms with van der Waals surface area (Å²) in [7, 11) is 1.54. The van der Waals surface area contributed by atoms with Crippen molar-refractivity contribution in [2.75, 3.05) is 7.11 Å². The first-order valence-corrected chi connectivity index (χ1v) is 9.32. The van der Waals surface area contributed by atoms with Crippen LogP contribution in [-0.4, -0.2) is 38.8 Å². The molecule has 3 aromatic rings. The zero-order valence-corrected chi connectivity index (χ0v) is 16.2. The number of benzene rings is 1. The van der Waals surface area contributed by atoms with Crippen LogP contribution < -0.4 is 4.74 Å². The van der Waals surface area contributed by atoms with Crippen molar-refractivity contribution in [3.05, 3.63) is 95.6 Å². The molecule has 0 bridgehead atoms. The number of carbonyl (C=O) groups excluding carboxylic acids is 2. The molecular weight excluding hydrogens is 382 g/mol. The third-order valence-corrected chi connectivity index (χ3v) is 5.03. The van der Waals surface area contributed by atoms with Crippen LogP contribution in [0.5, 0.6) is 5.75 Å². The molecule has 3 heterocycles. The van der Waals surface area contributed by atoms with Crippen molar-refractivity contribution in [3.63, 3.8) is 0 Å². The molecule has 7 nitrogen and oxygen atoms in total. The smallest absolute Gasteiger partial charge is 0.295 e. The fourth-order valence-electron chi connectivity index (χ4n) is 3.52. The lowest BCUT2D eigenvalue weighted by molar-refractivity contribution is -0.140. The van der Waals surface area contributed by atoms with Gasteiger partial charge < -0.3 is 14.7 Å². The molecule has 2 aromatic heterocycles. The standard InChI is InChI=1S/C23H19N3O4/c1-30-18-4-2-17(3-5-18)21(27)19-20(16-8-12-25-13-9-16)26(23(29)22(19)28)14-15-6-10-24-11-7-15/h2-13,20,27H,14H2,1H3/b21-19+. The lowest BCUT2D eigenvalue weighted by Gasteiger charge is -2.25. The van der Waals surface area contributed by atoms with Crippen molar-refractivity contribution in [2.24, 2.45) is 0 Å². The SMILES string of the molecule is COc1ccc(/C(O)=C2\C(=O)C(=O)N(Cc3ccncc3)C2c2ccncc2)cc1. The molecule has 1 aromatic carbocycles. The van der Waals surface area contributed by atoms with Gasteiger partial charge in [-0.15, -0.1) is 0 Å². The summed E-state index contributed by atoms with van der Waals surface area (Å²) in [5.74, 6) is -0.992. The van der Waals surface area contributed by atoms with Crippen LogP contribution in [-0.2, 0) is 16.1 Å². The summed E-state index contributed by atoms with van der Waals surface area (Å²) in [4.78, 5) is 35.4. The Morgan fingerprint density at radius 3 is 2.17 bits per heavy atom. The number of Topliss-reactive ketones (excluding diaryl/α,β-unsaturated/α-hetero) is 1. The summed E-state index contributed by atoms with van der Waals surface area (Å²) in [6.45, 7) is 0.208. The van der Waals surface area contributed by atoms with Gasteiger partial charge in [-0.05, 0) is 59.7 Å². The number of aliphatic hydroxyl groups excluding tert-OH is 1. The van der Waals surface area contributed by atoms with Crippen LogP contribution in [0.4, 0.5) is 0 Å². The first-order chi connectivity index (χ1) is 14.6. The Morgan fingerprint density at radius 2 is 1.57 bits per heavy atom. The Morgan fingerprint density at radius 1 is 0.967 bits per heavy atom. The summed E-state index contributed by atoms with van der Waals surface area (Å²) >= 11 is 0. The van der Waals surface area contributed by atoms with Crippen molar-refractivity contribution < 1.29 is 19.4 Å². The van der Waals surface area contributed by atoms with E-state index in [9.17, 15) is 14.7 Å². The number of ketones is 1. The van der Waals surface area contributed by atoms with E-state index in [0.717, 1.165) is 5.56 Å². The molecule has 0 aliphatic carbocycles. The first-order valence-electron chi connectivity index (χ1n) is 9.32. The highest BCUT2D eigenvalue weighted by molar-refractivity contribution is 6.46. The minimum atomic E-state index is -0.733. The van der Waals surface area contributed by atoms with Gasteiger partial charge in [-0.2, -0.15) is 0 Å². The quantitative estimate of drug-likeness (QED) is 0.401. The third kappa shape index (κ3) is 3.53. The molecule has 1 fully saturated rings. The highest BCUT2D eigenvalue weighted by Gasteiger charge is 2.46. The molecule has 4 rings (SSSR count). The van der Waals surface area contributed by atoms with E-state index in [4.69, 9.17) is 4.74 Å². The third-order valence-electron chi connectivity index (χ3n) is 5.03. The van der Waals surface area contributed by atoms with Crippen LogP contribution in [0, 0.1) is 0 Å². The number of hydrogen-bond acceptors (Lipinski definition) is 6. The Labute approximate surface area is 173 Å². The van der Waals surface area contributed by atoms with Crippen molar-refractivity contribution in [1.29, 1.82) is 0 Å². The lowest BCUT2D eigenvalue weighted by Crippen LogP contribution is -2.29. The number of aliphatic hydroxyl groups is 1. The van der Waals surface area contributed by atoms with E-state index >= 15 is 0 Å². The molecular formula is C23H19N3O4. The second-order valence-corrected chi connectivity index (χ2v) is 6.79. The lowest BCUT2D eigenvalue weighted by atomic mass is 9.96. The van der Waals surface area contributed by atoms with E-state index in [0.29, 0.717) is 16.9 Å². The summed E-state index contributed by atoms with van der Waals surface area (Å²) in [6.07, 6.45) is 6.44. The van der Waals surface area contributed by atoms with Gasteiger partial charge in [0, 0.05) is 36.9 Å². The monoisotopic (exact) mass is 401 g/mol. The van der Waals surface area contributed by atoms with Gasteiger partial charge in [0.25, 0.3) is 11.7 Å². The van der Waals surface area contributed by atoms with Crippen LogP contribution in [0.1, 0.15) is 22.7 Å². The van der Waals surface area contributed by atoms with Crippen molar-refractivity contribution in [3.8, 4) is 5.75 Å². The fraction of sp³-hybridized carbons (Fsp3) is 0.130. The highest BCUT2D eigenvalue weighted by atomic mass is 16.5. The molecule has 1 N–H and O–H groups in total. The first kappa shape index (κ1) is 19.3. The predicted octanol–water partition coefficient (Wildman–Crippen LogP) is 3.11. The van der Waals surface area contributed by atoms with E-state index in [-0.39, 0.29) is 17.9 Å². The second kappa shape index (κ2) is 8.16. The van der Waals surface area contributed by atoms with E-state index in [2.05, 4.69) is 9.97 Å². The maximum absolute atomic E-state index is 13.0. The number of nitrogens with zero attached hydrogens (tertiary/aromatic N) is 3. The molecule has 150 valence electrons. The van der Waals surface area contributed by atoms with Crippen molar-refractivity contribution >= 4 is 17.4 Å². The summed E-state index contributed by atoms with van der Waals surface area (Å²) in [6, 6.07) is 13.0. The summed E-state index contributed by atoms with van der Waals surface area (Å²) in [5.41, 5.74) is 1.99. The number of methoxy groups -OCH3 is 1. The van der Waals surface area contributed by atoms with Gasteiger partial charge in [-0.25, -0.2) is 0 Å². The molecule has 0 radical (unpaired) electrons. The number of amides is 1. The molecule has 1 amide bonds. The number of ether oxygens (including phenoxy) is 1. The minimum Gasteiger partial charge on any atom is -0.507 e. The number of likely N-dealkylation sites (tertiary alicyclic amines) is 1. The highest BCUT2D eigenvalue weighted by Crippen LogP contribution is 2.40. The number of rotatable bonds is 5. The largest absolute Gasteiger partial charge is 0.507 e. The average Bonchev–Trinajstić information content (AvgIpc) is 3.05. The molecule has 0 spiro atoms. The van der Waals surface area contributed by atoms with Crippen molar-refractivity contribution in [1.82, 2.24) is 14.9 Å². The topological polar surface area (TPSA) is 92.6 Å². The molecule has 1 atom stereocenters. The van der Waals surface area contributed by atoms with E-state index in [1.165, 1.54) is 4.90 Å². The molecule has 1 unspecified atom stereocenters. The summed E-state index contributed by atoms with van der Waals surface area (Å²) in [5, 5.41) is 11.0. The second-order valence-electron chi connectivity index (χ2n) is 6.79. The van der Waals surface area contributed by atoms with Crippen molar-refractivity contribution in [2.45, 2.75) is 12.6 Å². The molecule has 1 aliphatic heterocycles. The Bertz CT molecular complexity index is 1100. The Hall–Kier alpha value is -4.00. The summed E-state index contributed by atoms with van der Waals surface area (Å²) < 4.78 is 5.15. The maximum atomic E-state index is 13.0. The van der Waals surface area contributed by atoms with Gasteiger partial charge in [0.15, 0.2) is 0 Å². The normalized spacial score (nSPS) is 17.9. The number of carbonyl (C=O) groups is 2. The van der Waals surface area contributed by atoms with Crippen LogP contribution >= 0.6 is 0 Å². The number of aromatic nitrogens is 2. The number of hydrogen-bond donors (Lipinski definition) is 1. The van der Waals surface area contributed by atoms with Gasteiger partial charge >= 0.3 is 0 Å². The molecule has 30 heavy (non-hydrogen) atoms. The van der Waals surface area contributed by atoms with Crippen LogP contribution in [0.15, 0.2) is 78.9 Å². The van der Waals surface area contributed by atoms with Gasteiger partial charge in [0.1, 0.15) is 11.5 Å². The van der Waals surface area contributed by atoms with Gasteiger partial charge in [0.2, 0.25) is 0 Å². The minimum absolute atomic E-state index is 0.0467. The zero-order valence-electron chi connectivity index (χ0n) is 16.2. The van der Waals surface area contributed by atoms with E-state index in [1.54, 1.807) is 80.4 Å². The Balaban J connectivity index is 1.83.